The first-order valence-electron chi connectivity index (χ1n) is 10.9. The Labute approximate surface area is 192 Å². The number of benzene rings is 2. The van der Waals surface area contributed by atoms with E-state index in [-0.39, 0.29) is 19.6 Å². The SMILES string of the molecule is O=C(NO)[C@@H]1C[C@H](O)CN1C(=O)c1ccc(C#Cc2ccc(OCCCCCF)cc2)cc1. The van der Waals surface area contributed by atoms with E-state index in [4.69, 9.17) is 9.94 Å². The van der Waals surface area contributed by atoms with E-state index in [0.717, 1.165) is 24.2 Å². The van der Waals surface area contributed by atoms with Crippen LogP contribution >= 0.6 is 0 Å². The molecule has 2 aromatic rings. The number of unbranched alkanes of at least 4 members (excludes halogenated alkanes) is 2. The number of nitrogens with one attached hydrogen (secondary N) is 1. The summed E-state index contributed by atoms with van der Waals surface area (Å²) in [7, 11) is 0. The Bertz CT molecular complexity index is 998. The van der Waals surface area contributed by atoms with Gasteiger partial charge in [-0.05, 0) is 67.8 Å². The van der Waals surface area contributed by atoms with Gasteiger partial charge >= 0.3 is 0 Å². The third kappa shape index (κ3) is 6.78. The summed E-state index contributed by atoms with van der Waals surface area (Å²) < 4.78 is 17.7. The van der Waals surface area contributed by atoms with Crippen LogP contribution in [0.1, 0.15) is 47.2 Å². The van der Waals surface area contributed by atoms with E-state index in [2.05, 4.69) is 11.8 Å². The molecule has 0 bridgehead atoms. The number of ether oxygens (including phenoxy) is 1. The first-order valence-corrected chi connectivity index (χ1v) is 10.9. The molecule has 1 saturated heterocycles. The van der Waals surface area contributed by atoms with Gasteiger partial charge in [-0.3, -0.25) is 19.2 Å². The molecule has 2 atom stereocenters. The lowest BCUT2D eigenvalue weighted by atomic mass is 10.1. The minimum Gasteiger partial charge on any atom is -0.494 e. The third-order valence-corrected chi connectivity index (χ3v) is 5.34. The van der Waals surface area contributed by atoms with E-state index in [1.54, 1.807) is 29.7 Å². The van der Waals surface area contributed by atoms with Crippen LogP contribution in [-0.2, 0) is 4.79 Å². The van der Waals surface area contributed by atoms with Crippen LogP contribution in [-0.4, -0.2) is 59.0 Å². The van der Waals surface area contributed by atoms with Crippen LogP contribution in [0.2, 0.25) is 0 Å². The fraction of sp³-hybridized carbons (Fsp3) is 0.360. The Morgan fingerprint density at radius 3 is 2.27 bits per heavy atom. The maximum absolute atomic E-state index is 12.8. The number of alkyl halides is 1. The van der Waals surface area contributed by atoms with E-state index in [1.807, 2.05) is 24.3 Å². The van der Waals surface area contributed by atoms with Gasteiger partial charge < -0.3 is 14.7 Å². The highest BCUT2D eigenvalue weighted by molar-refractivity contribution is 5.98. The second-order valence-electron chi connectivity index (χ2n) is 7.79. The van der Waals surface area contributed by atoms with Gasteiger partial charge in [-0.15, -0.1) is 0 Å². The molecular formula is C25H27FN2O5. The van der Waals surface area contributed by atoms with Crippen LogP contribution in [0.3, 0.4) is 0 Å². The molecule has 8 heteroatoms. The molecule has 2 aromatic carbocycles. The highest BCUT2D eigenvalue weighted by Gasteiger charge is 2.39. The van der Waals surface area contributed by atoms with Crippen molar-refractivity contribution < 1.29 is 29.0 Å². The number of hydrogen-bond acceptors (Lipinski definition) is 5. The second-order valence-corrected chi connectivity index (χ2v) is 7.79. The maximum atomic E-state index is 12.8. The van der Waals surface area contributed by atoms with Crippen LogP contribution in [0.5, 0.6) is 5.75 Å². The minimum atomic E-state index is -0.918. The summed E-state index contributed by atoms with van der Waals surface area (Å²) in [5, 5.41) is 18.7. The second kappa shape index (κ2) is 12.0. The zero-order valence-electron chi connectivity index (χ0n) is 18.2. The third-order valence-electron chi connectivity index (χ3n) is 5.34. The standard InChI is InChI=1S/C25H27FN2O5/c26-14-2-1-3-15-33-22-12-8-19(9-13-22)5-4-18-6-10-20(11-7-18)25(31)28-17-21(29)16-23(28)24(30)27-32/h6-13,21,23,29,32H,1-3,14-17H2,(H,27,30)/t21-,23-/m0/s1. The molecule has 0 aromatic heterocycles. The van der Waals surface area contributed by atoms with Gasteiger partial charge in [-0.1, -0.05) is 11.8 Å². The predicted molar refractivity (Wildman–Crippen MR) is 120 cm³/mol. The number of halogens is 1. The number of β-amino-alcohol motifs (C(OH)–C–C–N with tert-alkyl or cyclic N) is 1. The largest absolute Gasteiger partial charge is 0.494 e. The van der Waals surface area contributed by atoms with Crippen LogP contribution < -0.4 is 10.2 Å². The van der Waals surface area contributed by atoms with Gasteiger partial charge in [-0.2, -0.15) is 0 Å². The van der Waals surface area contributed by atoms with Crippen LogP contribution in [0.4, 0.5) is 4.39 Å². The van der Waals surface area contributed by atoms with E-state index in [0.29, 0.717) is 24.2 Å². The molecule has 0 radical (unpaired) electrons. The monoisotopic (exact) mass is 454 g/mol. The number of aliphatic hydroxyl groups is 1. The number of hydrogen-bond donors (Lipinski definition) is 3. The zero-order chi connectivity index (χ0) is 23.6. The van der Waals surface area contributed by atoms with Crippen molar-refractivity contribution in [1.82, 2.24) is 10.4 Å². The number of carbonyl (C=O) groups is 2. The summed E-state index contributed by atoms with van der Waals surface area (Å²) in [6, 6.07) is 13.1. The van der Waals surface area contributed by atoms with E-state index in [1.165, 1.54) is 4.90 Å². The van der Waals surface area contributed by atoms with Gasteiger partial charge in [0.25, 0.3) is 11.8 Å². The van der Waals surface area contributed by atoms with Gasteiger partial charge in [0.1, 0.15) is 11.8 Å². The van der Waals surface area contributed by atoms with E-state index >= 15 is 0 Å². The van der Waals surface area contributed by atoms with Crippen LogP contribution in [0.25, 0.3) is 0 Å². The van der Waals surface area contributed by atoms with Crippen molar-refractivity contribution in [3.63, 3.8) is 0 Å². The Morgan fingerprint density at radius 2 is 1.67 bits per heavy atom. The molecule has 0 unspecified atom stereocenters. The predicted octanol–water partition coefficient (Wildman–Crippen LogP) is 2.69. The molecule has 174 valence electrons. The molecule has 1 heterocycles. The molecule has 1 aliphatic rings. The molecular weight excluding hydrogens is 427 g/mol. The average molecular weight is 454 g/mol. The number of hydroxylamine groups is 1. The maximum Gasteiger partial charge on any atom is 0.266 e. The van der Waals surface area contributed by atoms with Crippen LogP contribution in [0, 0.1) is 11.8 Å². The molecule has 0 aliphatic carbocycles. The Hall–Kier alpha value is -3.41. The summed E-state index contributed by atoms with van der Waals surface area (Å²) in [6.07, 6.45) is 1.45. The number of rotatable bonds is 8. The quantitative estimate of drug-likeness (QED) is 0.247. The first-order chi connectivity index (χ1) is 16.0. The van der Waals surface area contributed by atoms with Gasteiger partial charge in [0.05, 0.1) is 19.4 Å². The molecule has 1 fully saturated rings. The molecule has 7 nitrogen and oxygen atoms in total. The average Bonchev–Trinajstić information content (AvgIpc) is 3.24. The normalized spacial score (nSPS) is 17.2. The lowest BCUT2D eigenvalue weighted by molar-refractivity contribution is -0.133. The summed E-state index contributed by atoms with van der Waals surface area (Å²) in [5.41, 5.74) is 3.43. The van der Waals surface area contributed by atoms with Gasteiger partial charge in [0.15, 0.2) is 0 Å². The minimum absolute atomic E-state index is 0.0236. The summed E-state index contributed by atoms with van der Waals surface area (Å²) in [4.78, 5) is 25.8. The van der Waals surface area contributed by atoms with Gasteiger partial charge in [0, 0.05) is 29.7 Å². The van der Waals surface area contributed by atoms with Crippen molar-refractivity contribution in [1.29, 1.82) is 0 Å². The molecule has 0 spiro atoms. The number of nitrogens with zero attached hydrogens (tertiary/aromatic N) is 1. The van der Waals surface area contributed by atoms with Crippen molar-refractivity contribution in [2.24, 2.45) is 0 Å². The molecule has 2 amide bonds. The lowest BCUT2D eigenvalue weighted by Crippen LogP contribution is -2.45. The first kappa shape index (κ1) is 24.2. The van der Waals surface area contributed by atoms with Crippen molar-refractivity contribution in [2.45, 2.75) is 37.8 Å². The number of likely N-dealkylation sites (tertiary alicyclic amines) is 1. The van der Waals surface area contributed by atoms with E-state index < -0.39 is 24.0 Å². The Balaban J connectivity index is 1.58. The fourth-order valence-electron chi connectivity index (χ4n) is 3.57. The Morgan fingerprint density at radius 1 is 1.03 bits per heavy atom. The Kier molecular flexibility index (Phi) is 8.81. The van der Waals surface area contributed by atoms with Crippen molar-refractivity contribution >= 4 is 11.8 Å². The molecule has 3 rings (SSSR count). The van der Waals surface area contributed by atoms with Crippen LogP contribution in [0.15, 0.2) is 48.5 Å². The molecule has 1 aliphatic heterocycles. The molecule has 0 saturated carbocycles. The summed E-state index contributed by atoms with van der Waals surface area (Å²) in [5.74, 6) is 5.70. The van der Waals surface area contributed by atoms with Crippen molar-refractivity contribution in [3.8, 4) is 17.6 Å². The zero-order valence-corrected chi connectivity index (χ0v) is 18.2. The van der Waals surface area contributed by atoms with Crippen molar-refractivity contribution in [3.05, 3.63) is 65.2 Å². The molecule has 33 heavy (non-hydrogen) atoms. The smallest absolute Gasteiger partial charge is 0.266 e. The van der Waals surface area contributed by atoms with Gasteiger partial charge in [0.2, 0.25) is 0 Å². The van der Waals surface area contributed by atoms with E-state index in [9.17, 15) is 19.1 Å². The highest BCUT2D eigenvalue weighted by atomic mass is 19.1. The number of amides is 2. The highest BCUT2D eigenvalue weighted by Crippen LogP contribution is 2.21. The molecule has 3 N–H and O–H groups in total. The fourth-order valence-corrected chi connectivity index (χ4v) is 3.57. The topological polar surface area (TPSA) is 99.1 Å². The number of carbonyl (C=O) groups excluding carboxylic acids is 2. The number of aliphatic hydroxyl groups excluding tert-OH is 1. The summed E-state index contributed by atoms with van der Waals surface area (Å²) >= 11 is 0. The van der Waals surface area contributed by atoms with Crippen molar-refractivity contribution in [2.75, 3.05) is 19.8 Å². The summed E-state index contributed by atoms with van der Waals surface area (Å²) in [6.45, 7) is 0.284. The van der Waals surface area contributed by atoms with Gasteiger partial charge in [-0.25, -0.2) is 5.48 Å². The lowest BCUT2D eigenvalue weighted by Gasteiger charge is -2.22.